The van der Waals surface area contributed by atoms with E-state index in [1.165, 1.54) is 6.20 Å². The molecule has 0 atom stereocenters. The normalized spacial score (nSPS) is 11.6. The predicted octanol–water partition coefficient (Wildman–Crippen LogP) is 1.03. The Kier molecular flexibility index (Phi) is 2.53. The van der Waals surface area contributed by atoms with E-state index < -0.39 is 10.0 Å². The minimum absolute atomic E-state index is 0.0121. The van der Waals surface area contributed by atoms with Crippen molar-refractivity contribution >= 4 is 10.0 Å². The number of nitrogens with zero attached hydrogens (tertiary/aromatic N) is 1. The number of hydrogen-bond acceptors (Lipinski definition) is 3. The first-order valence-corrected chi connectivity index (χ1v) is 6.16. The van der Waals surface area contributed by atoms with Gasteiger partial charge in [-0.3, -0.25) is 5.10 Å². The number of hydrogen-bond donors (Lipinski definition) is 2. The molecule has 1 aromatic heterocycles. The molecule has 6 heteroatoms. The van der Waals surface area contributed by atoms with E-state index in [1.54, 1.807) is 6.07 Å². The van der Waals surface area contributed by atoms with E-state index in [1.807, 2.05) is 25.1 Å². The minimum Gasteiger partial charge on any atom is -0.276 e. The molecular formula is C10H11N3O2S. The predicted molar refractivity (Wildman–Crippen MR) is 60.1 cm³/mol. The van der Waals surface area contributed by atoms with Crippen molar-refractivity contribution in [3.8, 4) is 11.3 Å². The maximum atomic E-state index is 11.3. The molecule has 0 saturated heterocycles. The highest BCUT2D eigenvalue weighted by molar-refractivity contribution is 7.89. The summed E-state index contributed by atoms with van der Waals surface area (Å²) in [6, 6.07) is 7.44. The third kappa shape index (κ3) is 1.98. The minimum atomic E-state index is -3.74. The highest BCUT2D eigenvalue weighted by atomic mass is 32.2. The lowest BCUT2D eigenvalue weighted by Crippen LogP contribution is -2.12. The third-order valence-electron chi connectivity index (χ3n) is 2.22. The number of aromatic amines is 1. The van der Waals surface area contributed by atoms with Crippen LogP contribution in [0.4, 0.5) is 0 Å². The van der Waals surface area contributed by atoms with E-state index in [4.69, 9.17) is 5.14 Å². The van der Waals surface area contributed by atoms with Crippen LogP contribution in [0.2, 0.25) is 0 Å². The van der Waals surface area contributed by atoms with Gasteiger partial charge in [0.25, 0.3) is 0 Å². The molecule has 0 spiro atoms. The van der Waals surface area contributed by atoms with Crippen LogP contribution in [0.5, 0.6) is 0 Å². The van der Waals surface area contributed by atoms with Crippen LogP contribution >= 0.6 is 0 Å². The van der Waals surface area contributed by atoms with Crippen molar-refractivity contribution in [3.05, 3.63) is 36.0 Å². The Labute approximate surface area is 93.4 Å². The molecular weight excluding hydrogens is 226 g/mol. The van der Waals surface area contributed by atoms with Crippen molar-refractivity contribution in [1.82, 2.24) is 10.2 Å². The van der Waals surface area contributed by atoms with E-state index >= 15 is 0 Å². The SMILES string of the molecule is Cc1cccc(-c2[nH]ncc2S(N)(=O)=O)c1. The van der Waals surface area contributed by atoms with Crippen LogP contribution in [0.1, 0.15) is 5.56 Å². The second-order valence-corrected chi connectivity index (χ2v) is 5.05. The van der Waals surface area contributed by atoms with E-state index in [2.05, 4.69) is 10.2 Å². The topological polar surface area (TPSA) is 88.8 Å². The molecule has 1 aromatic carbocycles. The van der Waals surface area contributed by atoms with Gasteiger partial charge >= 0.3 is 0 Å². The Bertz CT molecular complexity index is 616. The van der Waals surface area contributed by atoms with E-state index in [0.717, 1.165) is 11.1 Å². The van der Waals surface area contributed by atoms with E-state index in [-0.39, 0.29) is 4.90 Å². The Hall–Kier alpha value is -1.66. The smallest absolute Gasteiger partial charge is 0.241 e. The van der Waals surface area contributed by atoms with Gasteiger partial charge in [0, 0.05) is 5.56 Å². The molecule has 1 heterocycles. The molecule has 0 saturated carbocycles. The number of nitrogens with one attached hydrogen (secondary N) is 1. The van der Waals surface area contributed by atoms with Gasteiger partial charge < -0.3 is 0 Å². The van der Waals surface area contributed by atoms with Gasteiger partial charge in [0.2, 0.25) is 10.0 Å². The van der Waals surface area contributed by atoms with Gasteiger partial charge in [0.1, 0.15) is 4.90 Å². The Morgan fingerprint density at radius 3 is 2.75 bits per heavy atom. The van der Waals surface area contributed by atoms with Gasteiger partial charge in [-0.1, -0.05) is 23.8 Å². The molecule has 84 valence electrons. The van der Waals surface area contributed by atoms with E-state index in [9.17, 15) is 8.42 Å². The highest BCUT2D eigenvalue weighted by Crippen LogP contribution is 2.24. The molecule has 0 fully saturated rings. The van der Waals surface area contributed by atoms with Crippen LogP contribution in [-0.4, -0.2) is 18.6 Å². The largest absolute Gasteiger partial charge is 0.276 e. The number of aryl methyl sites for hydroxylation is 1. The average molecular weight is 237 g/mol. The zero-order valence-electron chi connectivity index (χ0n) is 8.64. The van der Waals surface area contributed by atoms with Crippen LogP contribution in [0.3, 0.4) is 0 Å². The number of rotatable bonds is 2. The van der Waals surface area contributed by atoms with Crippen molar-refractivity contribution in [2.45, 2.75) is 11.8 Å². The summed E-state index contributed by atoms with van der Waals surface area (Å²) in [5.41, 5.74) is 2.21. The van der Waals surface area contributed by atoms with Gasteiger partial charge in [-0.25, -0.2) is 13.6 Å². The zero-order chi connectivity index (χ0) is 11.8. The maximum absolute atomic E-state index is 11.3. The number of nitrogens with two attached hydrogens (primary N) is 1. The van der Waals surface area contributed by atoms with Crippen LogP contribution < -0.4 is 5.14 Å². The lowest BCUT2D eigenvalue weighted by atomic mass is 10.1. The van der Waals surface area contributed by atoms with Crippen molar-refractivity contribution in [2.24, 2.45) is 5.14 Å². The summed E-state index contributed by atoms with van der Waals surface area (Å²) in [5.74, 6) is 0. The molecule has 3 N–H and O–H groups in total. The standard InChI is InChI=1S/C10H11N3O2S/c1-7-3-2-4-8(5-7)10-9(6-12-13-10)16(11,14)15/h2-6H,1H3,(H,12,13)(H2,11,14,15). The Balaban J connectivity index is 2.62. The number of primary sulfonamides is 1. The summed E-state index contributed by atoms with van der Waals surface area (Å²) in [7, 11) is -3.74. The molecule has 0 unspecified atom stereocenters. The molecule has 16 heavy (non-hydrogen) atoms. The molecule has 5 nitrogen and oxygen atoms in total. The molecule has 0 radical (unpaired) electrons. The molecule has 0 bridgehead atoms. The van der Waals surface area contributed by atoms with Crippen molar-refractivity contribution in [1.29, 1.82) is 0 Å². The van der Waals surface area contributed by atoms with Gasteiger partial charge in [-0.2, -0.15) is 5.10 Å². The fourth-order valence-electron chi connectivity index (χ4n) is 1.50. The summed E-state index contributed by atoms with van der Waals surface area (Å²) in [4.78, 5) is 0.0121. The van der Waals surface area contributed by atoms with Gasteiger partial charge in [0.05, 0.1) is 11.9 Å². The summed E-state index contributed by atoms with van der Waals surface area (Å²) in [6.07, 6.45) is 1.22. The molecule has 2 aromatic rings. The fourth-order valence-corrected chi connectivity index (χ4v) is 2.15. The van der Waals surface area contributed by atoms with Gasteiger partial charge in [-0.15, -0.1) is 0 Å². The fraction of sp³-hybridized carbons (Fsp3) is 0.100. The van der Waals surface area contributed by atoms with Gasteiger partial charge in [0.15, 0.2) is 0 Å². The number of sulfonamides is 1. The molecule has 0 amide bonds. The van der Waals surface area contributed by atoms with Crippen LogP contribution in [0.15, 0.2) is 35.4 Å². The van der Waals surface area contributed by atoms with Gasteiger partial charge in [-0.05, 0) is 13.0 Å². The maximum Gasteiger partial charge on any atom is 0.241 e. The van der Waals surface area contributed by atoms with Crippen molar-refractivity contribution in [3.63, 3.8) is 0 Å². The second kappa shape index (κ2) is 3.73. The third-order valence-corrected chi connectivity index (χ3v) is 3.14. The van der Waals surface area contributed by atoms with Crippen LogP contribution in [0.25, 0.3) is 11.3 Å². The first kappa shape index (κ1) is 10.8. The number of aromatic nitrogens is 2. The monoisotopic (exact) mass is 237 g/mol. The summed E-state index contributed by atoms with van der Waals surface area (Å²) >= 11 is 0. The zero-order valence-corrected chi connectivity index (χ0v) is 9.45. The Morgan fingerprint density at radius 1 is 1.38 bits per heavy atom. The van der Waals surface area contributed by atoms with Crippen molar-refractivity contribution in [2.75, 3.05) is 0 Å². The molecule has 2 rings (SSSR count). The quantitative estimate of drug-likeness (QED) is 0.817. The van der Waals surface area contributed by atoms with E-state index in [0.29, 0.717) is 5.69 Å². The number of H-pyrrole nitrogens is 1. The van der Waals surface area contributed by atoms with Crippen molar-refractivity contribution < 1.29 is 8.42 Å². The first-order valence-electron chi connectivity index (χ1n) is 4.62. The lowest BCUT2D eigenvalue weighted by Gasteiger charge is -2.02. The Morgan fingerprint density at radius 2 is 2.12 bits per heavy atom. The molecule has 0 aliphatic carbocycles. The summed E-state index contributed by atoms with van der Waals surface area (Å²) < 4.78 is 22.6. The summed E-state index contributed by atoms with van der Waals surface area (Å²) in [6.45, 7) is 1.93. The van der Waals surface area contributed by atoms with Crippen LogP contribution in [-0.2, 0) is 10.0 Å². The lowest BCUT2D eigenvalue weighted by molar-refractivity contribution is 0.598. The molecule has 0 aliphatic heterocycles. The highest BCUT2D eigenvalue weighted by Gasteiger charge is 2.17. The number of benzene rings is 1. The molecule has 0 aliphatic rings. The average Bonchev–Trinajstić information content (AvgIpc) is 2.65. The second-order valence-electron chi connectivity index (χ2n) is 3.52. The first-order chi connectivity index (χ1) is 7.48. The summed E-state index contributed by atoms with van der Waals surface area (Å²) in [5, 5.41) is 11.4. The van der Waals surface area contributed by atoms with Crippen LogP contribution in [0, 0.1) is 6.92 Å².